The van der Waals surface area contributed by atoms with Gasteiger partial charge in [0.25, 0.3) is 0 Å². The van der Waals surface area contributed by atoms with Gasteiger partial charge < -0.3 is 14.2 Å². The second-order valence-electron chi connectivity index (χ2n) is 14.7. The Morgan fingerprint density at radius 3 is 1.02 bits per heavy atom. The van der Waals surface area contributed by atoms with Crippen molar-refractivity contribution in [1.82, 2.24) is 0 Å². The molecular formula is C42H80O6. The van der Waals surface area contributed by atoms with E-state index in [1.165, 1.54) is 122 Å². The first-order valence-corrected chi connectivity index (χ1v) is 20.9. The zero-order chi connectivity index (χ0) is 35.3. The van der Waals surface area contributed by atoms with Crippen LogP contribution in [0.25, 0.3) is 0 Å². The molecule has 0 aliphatic heterocycles. The predicted octanol–water partition coefficient (Wildman–Crippen LogP) is 12.8. The number of rotatable bonds is 37. The third kappa shape index (κ3) is 35.7. The fraction of sp³-hybridized carbons (Fsp3) is 0.929. The molecule has 0 unspecified atom stereocenters. The molecule has 0 saturated carbocycles. The average Bonchev–Trinajstić information content (AvgIpc) is 3.06. The van der Waals surface area contributed by atoms with Gasteiger partial charge in [0, 0.05) is 19.3 Å². The van der Waals surface area contributed by atoms with Gasteiger partial charge in [0.1, 0.15) is 13.2 Å². The lowest BCUT2D eigenvalue weighted by Crippen LogP contribution is -2.30. The predicted molar refractivity (Wildman–Crippen MR) is 201 cm³/mol. The summed E-state index contributed by atoms with van der Waals surface area (Å²) < 4.78 is 16.6. The van der Waals surface area contributed by atoms with E-state index in [-0.39, 0.29) is 31.1 Å². The molecule has 0 aromatic rings. The Morgan fingerprint density at radius 2 is 0.688 bits per heavy atom. The van der Waals surface area contributed by atoms with Crippen molar-refractivity contribution in [3.63, 3.8) is 0 Å². The van der Waals surface area contributed by atoms with Gasteiger partial charge in [0.05, 0.1) is 0 Å². The topological polar surface area (TPSA) is 78.9 Å². The Labute approximate surface area is 298 Å². The molecule has 0 saturated heterocycles. The molecule has 284 valence electrons. The number of carbonyl (C=O) groups excluding carboxylic acids is 3. The van der Waals surface area contributed by atoms with Gasteiger partial charge in [0.15, 0.2) is 6.10 Å². The molecule has 0 aliphatic rings. The lowest BCUT2D eigenvalue weighted by Gasteiger charge is -2.18. The summed E-state index contributed by atoms with van der Waals surface area (Å²) >= 11 is 0. The molecule has 0 amide bonds. The lowest BCUT2D eigenvalue weighted by atomic mass is 10.0. The van der Waals surface area contributed by atoms with Crippen molar-refractivity contribution in [2.45, 2.75) is 233 Å². The van der Waals surface area contributed by atoms with E-state index < -0.39 is 6.10 Å². The average molecular weight is 681 g/mol. The van der Waals surface area contributed by atoms with Crippen molar-refractivity contribution in [2.24, 2.45) is 5.92 Å². The molecule has 0 aromatic carbocycles. The fourth-order valence-electron chi connectivity index (χ4n) is 6.10. The van der Waals surface area contributed by atoms with Crippen molar-refractivity contribution in [3.05, 3.63) is 0 Å². The molecule has 0 aliphatic carbocycles. The Kier molecular flexibility index (Phi) is 35.5. The highest BCUT2D eigenvalue weighted by Crippen LogP contribution is 2.15. The molecule has 0 N–H and O–H groups in total. The quantitative estimate of drug-likeness (QED) is 0.0369. The second kappa shape index (κ2) is 36.7. The normalized spacial score (nSPS) is 11.9. The van der Waals surface area contributed by atoms with Gasteiger partial charge in [0.2, 0.25) is 0 Å². The molecule has 0 radical (unpaired) electrons. The van der Waals surface area contributed by atoms with E-state index in [9.17, 15) is 14.4 Å². The van der Waals surface area contributed by atoms with Gasteiger partial charge in [-0.2, -0.15) is 0 Å². The SMILES string of the molecule is CCCCCCCCCCCCC(=O)O[C@H](COC(=O)CCCCCCCCCCC)COC(=O)CCCCCCCCCCC(C)C. The maximum absolute atomic E-state index is 12.6. The van der Waals surface area contributed by atoms with Crippen LogP contribution in [0.15, 0.2) is 0 Å². The molecule has 0 bridgehead atoms. The highest BCUT2D eigenvalue weighted by molar-refractivity contribution is 5.71. The van der Waals surface area contributed by atoms with Gasteiger partial charge in [-0.3, -0.25) is 14.4 Å². The van der Waals surface area contributed by atoms with E-state index in [4.69, 9.17) is 14.2 Å². The van der Waals surface area contributed by atoms with Crippen molar-refractivity contribution in [1.29, 1.82) is 0 Å². The Bertz CT molecular complexity index is 721. The molecular weight excluding hydrogens is 600 g/mol. The van der Waals surface area contributed by atoms with Gasteiger partial charge in [-0.25, -0.2) is 0 Å². The van der Waals surface area contributed by atoms with E-state index in [1.807, 2.05) is 0 Å². The van der Waals surface area contributed by atoms with Crippen LogP contribution in [0.3, 0.4) is 0 Å². The number of unbranched alkanes of at least 4 members (excludes halogenated alkanes) is 24. The standard InChI is InChI=1S/C42H80O6/c1-5-7-9-11-13-15-17-23-27-31-35-42(45)48-39(36-46-40(43)33-29-25-21-16-14-12-10-8-6-2)37-47-41(44)34-30-26-22-19-18-20-24-28-32-38(3)4/h38-39H,5-37H2,1-4H3/t39-/m1/s1. The number of hydrogen-bond acceptors (Lipinski definition) is 6. The van der Waals surface area contributed by atoms with Crippen LogP contribution in [0.1, 0.15) is 227 Å². The molecule has 48 heavy (non-hydrogen) atoms. The minimum Gasteiger partial charge on any atom is -0.462 e. The Balaban J connectivity index is 4.34. The molecule has 6 nitrogen and oxygen atoms in total. The maximum Gasteiger partial charge on any atom is 0.306 e. The van der Waals surface area contributed by atoms with E-state index in [1.54, 1.807) is 0 Å². The molecule has 0 aromatic heterocycles. The number of hydrogen-bond donors (Lipinski definition) is 0. The number of carbonyl (C=O) groups is 3. The molecule has 1 atom stereocenters. The van der Waals surface area contributed by atoms with E-state index in [0.29, 0.717) is 19.3 Å². The molecule has 0 fully saturated rings. The summed E-state index contributed by atoms with van der Waals surface area (Å²) in [4.78, 5) is 37.5. The molecule has 0 heterocycles. The summed E-state index contributed by atoms with van der Waals surface area (Å²) in [6, 6.07) is 0. The van der Waals surface area contributed by atoms with Gasteiger partial charge >= 0.3 is 17.9 Å². The zero-order valence-corrected chi connectivity index (χ0v) is 32.4. The minimum absolute atomic E-state index is 0.0650. The fourth-order valence-corrected chi connectivity index (χ4v) is 6.10. The zero-order valence-electron chi connectivity index (χ0n) is 32.4. The summed E-state index contributed by atoms with van der Waals surface area (Å²) in [6.07, 6.45) is 33.7. The first-order chi connectivity index (χ1) is 23.4. The van der Waals surface area contributed by atoms with Crippen molar-refractivity contribution < 1.29 is 28.6 Å². The summed E-state index contributed by atoms with van der Waals surface area (Å²) in [5.74, 6) is -0.0685. The van der Waals surface area contributed by atoms with Crippen LogP contribution in [0, 0.1) is 5.92 Å². The third-order valence-corrected chi connectivity index (χ3v) is 9.29. The summed E-state index contributed by atoms with van der Waals surface area (Å²) in [7, 11) is 0. The third-order valence-electron chi connectivity index (χ3n) is 9.29. The number of esters is 3. The monoisotopic (exact) mass is 681 g/mol. The van der Waals surface area contributed by atoms with E-state index >= 15 is 0 Å². The van der Waals surface area contributed by atoms with Crippen molar-refractivity contribution in [3.8, 4) is 0 Å². The van der Waals surface area contributed by atoms with Crippen LogP contribution in [0.4, 0.5) is 0 Å². The molecule has 0 rings (SSSR count). The Hall–Kier alpha value is -1.59. The van der Waals surface area contributed by atoms with Crippen molar-refractivity contribution >= 4 is 17.9 Å². The van der Waals surface area contributed by atoms with Crippen LogP contribution in [-0.4, -0.2) is 37.2 Å². The first-order valence-electron chi connectivity index (χ1n) is 20.9. The van der Waals surface area contributed by atoms with Crippen LogP contribution in [-0.2, 0) is 28.6 Å². The van der Waals surface area contributed by atoms with E-state index in [0.717, 1.165) is 63.7 Å². The van der Waals surface area contributed by atoms with Gasteiger partial charge in [-0.15, -0.1) is 0 Å². The highest BCUT2D eigenvalue weighted by atomic mass is 16.6. The van der Waals surface area contributed by atoms with Crippen molar-refractivity contribution in [2.75, 3.05) is 13.2 Å². The van der Waals surface area contributed by atoms with E-state index in [2.05, 4.69) is 27.7 Å². The highest BCUT2D eigenvalue weighted by Gasteiger charge is 2.19. The minimum atomic E-state index is -0.757. The van der Waals surface area contributed by atoms with Crippen LogP contribution in [0.2, 0.25) is 0 Å². The smallest absolute Gasteiger partial charge is 0.306 e. The van der Waals surface area contributed by atoms with Crippen LogP contribution >= 0.6 is 0 Å². The van der Waals surface area contributed by atoms with Gasteiger partial charge in [-0.05, 0) is 25.2 Å². The number of ether oxygens (including phenoxy) is 3. The second-order valence-corrected chi connectivity index (χ2v) is 14.7. The lowest BCUT2D eigenvalue weighted by molar-refractivity contribution is -0.167. The Morgan fingerprint density at radius 1 is 0.396 bits per heavy atom. The summed E-state index contributed by atoms with van der Waals surface area (Å²) in [5, 5.41) is 0. The summed E-state index contributed by atoms with van der Waals surface area (Å²) in [6.45, 7) is 8.91. The largest absolute Gasteiger partial charge is 0.462 e. The van der Waals surface area contributed by atoms with Crippen LogP contribution in [0.5, 0.6) is 0 Å². The molecule has 6 heteroatoms. The maximum atomic E-state index is 12.6. The first kappa shape index (κ1) is 46.4. The summed E-state index contributed by atoms with van der Waals surface area (Å²) in [5.41, 5.74) is 0. The van der Waals surface area contributed by atoms with Crippen LogP contribution < -0.4 is 0 Å². The molecule has 0 spiro atoms. The van der Waals surface area contributed by atoms with Gasteiger partial charge in [-0.1, -0.05) is 188 Å².